The molecule has 2 unspecified atom stereocenters. The summed E-state index contributed by atoms with van der Waals surface area (Å²) in [5.74, 6) is -0.156. The van der Waals surface area contributed by atoms with E-state index in [0.29, 0.717) is 11.3 Å². The molecule has 0 amide bonds. The minimum absolute atomic E-state index is 0.156. The molecule has 2 aromatic carbocycles. The van der Waals surface area contributed by atoms with Gasteiger partial charge in [-0.15, -0.1) is 11.8 Å². The molecule has 0 heterocycles. The van der Waals surface area contributed by atoms with Crippen molar-refractivity contribution in [1.82, 2.24) is 5.32 Å². The molecule has 0 radical (unpaired) electrons. The van der Waals surface area contributed by atoms with Crippen molar-refractivity contribution in [3.05, 3.63) is 65.5 Å². The van der Waals surface area contributed by atoms with Crippen molar-refractivity contribution in [3.8, 4) is 0 Å². The first kappa shape index (κ1) is 14.6. The van der Waals surface area contributed by atoms with Crippen LogP contribution in [-0.2, 0) is 6.42 Å². The minimum atomic E-state index is -0.156. The highest BCUT2D eigenvalue weighted by Crippen LogP contribution is 2.40. The second-order valence-corrected chi connectivity index (χ2v) is 6.70. The van der Waals surface area contributed by atoms with Crippen molar-refractivity contribution in [2.24, 2.45) is 0 Å². The van der Waals surface area contributed by atoms with Crippen molar-refractivity contribution >= 4 is 11.8 Å². The molecule has 3 rings (SSSR count). The predicted molar refractivity (Wildman–Crippen MR) is 87.2 cm³/mol. The van der Waals surface area contributed by atoms with Crippen LogP contribution in [0.15, 0.2) is 53.4 Å². The fourth-order valence-corrected chi connectivity index (χ4v) is 4.34. The summed E-state index contributed by atoms with van der Waals surface area (Å²) in [7, 11) is 0. The lowest BCUT2D eigenvalue weighted by Crippen LogP contribution is -2.34. The Morgan fingerprint density at radius 3 is 2.86 bits per heavy atom. The lowest BCUT2D eigenvalue weighted by atomic mass is 9.87. The Balaban J connectivity index is 1.85. The van der Waals surface area contributed by atoms with Gasteiger partial charge in [0.1, 0.15) is 5.82 Å². The van der Waals surface area contributed by atoms with Crippen molar-refractivity contribution in [3.63, 3.8) is 0 Å². The van der Waals surface area contributed by atoms with Crippen LogP contribution in [0.5, 0.6) is 0 Å². The van der Waals surface area contributed by atoms with Crippen molar-refractivity contribution in [2.45, 2.75) is 36.0 Å². The summed E-state index contributed by atoms with van der Waals surface area (Å²) in [5.41, 5.74) is 2.85. The third kappa shape index (κ3) is 3.30. The molecular formula is C18H20FNS. The molecule has 3 heteroatoms. The van der Waals surface area contributed by atoms with E-state index in [-0.39, 0.29) is 5.82 Å². The molecule has 0 saturated heterocycles. The highest BCUT2D eigenvalue weighted by Gasteiger charge is 2.29. The second-order valence-electron chi connectivity index (χ2n) is 5.39. The van der Waals surface area contributed by atoms with Gasteiger partial charge in [0, 0.05) is 16.2 Å². The van der Waals surface area contributed by atoms with E-state index >= 15 is 0 Å². The Morgan fingerprint density at radius 1 is 1.19 bits per heavy atom. The Hall–Kier alpha value is -1.32. The third-order valence-corrected chi connectivity index (χ3v) is 5.30. The summed E-state index contributed by atoms with van der Waals surface area (Å²) in [6.07, 6.45) is 2.22. The number of aryl methyl sites for hydroxylation is 1. The summed E-state index contributed by atoms with van der Waals surface area (Å²) in [4.78, 5) is 1.02. The molecule has 110 valence electrons. The van der Waals surface area contributed by atoms with Gasteiger partial charge in [-0.1, -0.05) is 37.3 Å². The van der Waals surface area contributed by atoms with Gasteiger partial charge in [-0.25, -0.2) is 4.39 Å². The van der Waals surface area contributed by atoms with E-state index < -0.39 is 0 Å². The first-order valence-corrected chi connectivity index (χ1v) is 8.39. The Bertz CT molecular complexity index is 614. The molecule has 2 aromatic rings. The van der Waals surface area contributed by atoms with Crippen LogP contribution in [0.3, 0.4) is 0 Å². The Morgan fingerprint density at radius 2 is 2.05 bits per heavy atom. The van der Waals surface area contributed by atoms with Crippen LogP contribution in [0, 0.1) is 5.82 Å². The van der Waals surface area contributed by atoms with Gasteiger partial charge in [-0.05, 0) is 48.7 Å². The fraction of sp³-hybridized carbons (Fsp3) is 0.333. The maximum absolute atomic E-state index is 13.4. The maximum Gasteiger partial charge on any atom is 0.124 e. The number of fused-ring (bicyclic) bond motifs is 1. The van der Waals surface area contributed by atoms with E-state index in [1.165, 1.54) is 17.2 Å². The van der Waals surface area contributed by atoms with Crippen molar-refractivity contribution in [1.29, 1.82) is 0 Å². The zero-order chi connectivity index (χ0) is 14.7. The van der Waals surface area contributed by atoms with Gasteiger partial charge in [-0.2, -0.15) is 0 Å². The first-order chi connectivity index (χ1) is 10.3. The molecule has 0 fully saturated rings. The van der Waals surface area contributed by atoms with Crippen LogP contribution in [0.2, 0.25) is 0 Å². The number of thioether (sulfide) groups is 1. The average Bonchev–Trinajstić information content (AvgIpc) is 2.50. The van der Waals surface area contributed by atoms with Crippen LogP contribution in [0.25, 0.3) is 0 Å². The van der Waals surface area contributed by atoms with E-state index in [1.54, 1.807) is 23.9 Å². The smallest absolute Gasteiger partial charge is 0.124 e. The number of hydrogen-bond donors (Lipinski definition) is 1. The van der Waals surface area contributed by atoms with Crippen LogP contribution in [0.1, 0.15) is 30.5 Å². The number of rotatable bonds is 4. The van der Waals surface area contributed by atoms with Gasteiger partial charge < -0.3 is 5.32 Å². The molecule has 0 bridgehead atoms. The highest BCUT2D eigenvalue weighted by molar-refractivity contribution is 8.00. The second kappa shape index (κ2) is 6.63. The molecule has 0 aliphatic heterocycles. The van der Waals surface area contributed by atoms with E-state index in [2.05, 4.69) is 36.5 Å². The van der Waals surface area contributed by atoms with Gasteiger partial charge >= 0.3 is 0 Å². The summed E-state index contributed by atoms with van der Waals surface area (Å²) in [6, 6.07) is 15.9. The van der Waals surface area contributed by atoms with Gasteiger partial charge in [-0.3, -0.25) is 0 Å². The lowest BCUT2D eigenvalue weighted by Gasteiger charge is -2.34. The standard InChI is InChI=1S/C18H20FNS/c1-2-20-18-16-9-4-3-6-13(16)10-11-17(18)21-15-8-5-7-14(19)12-15/h3-9,12,17-18,20H,2,10-11H2,1H3. The van der Waals surface area contributed by atoms with E-state index in [1.807, 2.05) is 6.07 Å². The van der Waals surface area contributed by atoms with Crippen LogP contribution in [-0.4, -0.2) is 11.8 Å². The molecular weight excluding hydrogens is 281 g/mol. The highest BCUT2D eigenvalue weighted by atomic mass is 32.2. The monoisotopic (exact) mass is 301 g/mol. The van der Waals surface area contributed by atoms with Gasteiger partial charge in [0.15, 0.2) is 0 Å². The van der Waals surface area contributed by atoms with Crippen molar-refractivity contribution < 1.29 is 4.39 Å². The molecule has 1 nitrogen and oxygen atoms in total. The van der Waals surface area contributed by atoms with E-state index in [9.17, 15) is 4.39 Å². The lowest BCUT2D eigenvalue weighted by molar-refractivity contribution is 0.484. The Kier molecular flexibility index (Phi) is 4.61. The van der Waals surface area contributed by atoms with Crippen LogP contribution in [0.4, 0.5) is 4.39 Å². The van der Waals surface area contributed by atoms with Gasteiger partial charge in [0.2, 0.25) is 0 Å². The quantitative estimate of drug-likeness (QED) is 0.887. The molecule has 21 heavy (non-hydrogen) atoms. The zero-order valence-corrected chi connectivity index (χ0v) is 13.0. The number of halogens is 1. The Labute approximate surface area is 130 Å². The molecule has 1 aliphatic carbocycles. The summed E-state index contributed by atoms with van der Waals surface area (Å²) in [6.45, 7) is 3.08. The van der Waals surface area contributed by atoms with Gasteiger partial charge in [0.05, 0.1) is 0 Å². The predicted octanol–water partition coefficient (Wildman–Crippen LogP) is 4.58. The van der Waals surface area contributed by atoms with E-state index in [0.717, 1.165) is 24.3 Å². The maximum atomic E-state index is 13.4. The molecule has 0 spiro atoms. The van der Waals surface area contributed by atoms with Crippen molar-refractivity contribution in [2.75, 3.05) is 6.54 Å². The fourth-order valence-electron chi connectivity index (χ4n) is 3.03. The topological polar surface area (TPSA) is 12.0 Å². The molecule has 2 atom stereocenters. The van der Waals surface area contributed by atoms with Gasteiger partial charge in [0.25, 0.3) is 0 Å². The molecule has 1 aliphatic rings. The van der Waals surface area contributed by atoms with Crippen LogP contribution < -0.4 is 5.32 Å². The van der Waals surface area contributed by atoms with E-state index in [4.69, 9.17) is 0 Å². The summed E-state index contributed by atoms with van der Waals surface area (Å²) in [5, 5.41) is 4.06. The zero-order valence-electron chi connectivity index (χ0n) is 12.2. The molecule has 1 N–H and O–H groups in total. The largest absolute Gasteiger partial charge is 0.309 e. The minimum Gasteiger partial charge on any atom is -0.309 e. The number of hydrogen-bond acceptors (Lipinski definition) is 2. The third-order valence-electron chi connectivity index (χ3n) is 3.97. The average molecular weight is 301 g/mol. The summed E-state index contributed by atoms with van der Waals surface area (Å²) < 4.78 is 13.4. The SMILES string of the molecule is CCNC1c2ccccc2CCC1Sc1cccc(F)c1. The first-order valence-electron chi connectivity index (χ1n) is 7.51. The normalized spacial score (nSPS) is 21.0. The molecule has 0 saturated carbocycles. The summed E-state index contributed by atoms with van der Waals surface area (Å²) >= 11 is 1.79. The number of benzene rings is 2. The molecule has 0 aromatic heterocycles. The van der Waals surface area contributed by atoms with Crippen LogP contribution >= 0.6 is 11.8 Å². The number of nitrogens with one attached hydrogen (secondary N) is 1.